The fourth-order valence-electron chi connectivity index (χ4n) is 3.11. The highest BCUT2D eigenvalue weighted by Crippen LogP contribution is 2.34. The van der Waals surface area contributed by atoms with Gasteiger partial charge in [-0.2, -0.15) is 0 Å². The van der Waals surface area contributed by atoms with Gasteiger partial charge in [-0.3, -0.25) is 4.79 Å². The lowest BCUT2D eigenvalue weighted by molar-refractivity contribution is -0.141. The van der Waals surface area contributed by atoms with E-state index in [1.807, 2.05) is 34.6 Å². The van der Waals surface area contributed by atoms with Crippen molar-refractivity contribution in [2.24, 2.45) is 0 Å². The number of aryl methyl sites for hydroxylation is 1. The third-order valence-corrected chi connectivity index (χ3v) is 4.54. The molecule has 0 amide bonds. The van der Waals surface area contributed by atoms with Gasteiger partial charge in [0.15, 0.2) is 12.1 Å². The topological polar surface area (TPSA) is 144 Å². The molecule has 0 radical (unpaired) electrons. The van der Waals surface area contributed by atoms with Crippen LogP contribution in [0.15, 0.2) is 21.3 Å². The molecule has 1 saturated heterocycles. The molecule has 3 rings (SSSR count). The summed E-state index contributed by atoms with van der Waals surface area (Å²) in [5.74, 6) is -0.255. The maximum absolute atomic E-state index is 12.1. The van der Waals surface area contributed by atoms with Gasteiger partial charge in [0.25, 0.3) is 0 Å². The van der Waals surface area contributed by atoms with E-state index in [2.05, 4.69) is 0 Å². The van der Waals surface area contributed by atoms with Crippen molar-refractivity contribution in [2.75, 3.05) is 0 Å². The van der Waals surface area contributed by atoms with Crippen LogP contribution < -0.4 is 10.4 Å². The first-order chi connectivity index (χ1) is 15.6. The molecule has 9 nitrogen and oxygen atoms in total. The van der Waals surface area contributed by atoms with Gasteiger partial charge in [-0.1, -0.05) is 34.6 Å². The van der Waals surface area contributed by atoms with E-state index < -0.39 is 17.6 Å². The zero-order valence-electron chi connectivity index (χ0n) is 20.4. The Morgan fingerprint density at radius 3 is 2.21 bits per heavy atom. The SMILES string of the molecule is CC.CC.CCC(=O)c1c(O)c2ccc(OC3CCC[C@@H](C)O3)c(C)c2oc1=O.O=C(O)O. The van der Waals surface area contributed by atoms with Crippen molar-refractivity contribution in [3.63, 3.8) is 0 Å². The van der Waals surface area contributed by atoms with Crippen LogP contribution in [-0.2, 0) is 4.74 Å². The number of Topliss-reactive ketones (excluding diaryl/α,β-unsaturated/α-hetero) is 1. The second kappa shape index (κ2) is 14.9. The summed E-state index contributed by atoms with van der Waals surface area (Å²) in [6.45, 7) is 13.4. The second-order valence-corrected chi connectivity index (χ2v) is 6.66. The number of benzene rings is 1. The van der Waals surface area contributed by atoms with Crippen molar-refractivity contribution in [1.29, 1.82) is 0 Å². The van der Waals surface area contributed by atoms with Gasteiger partial charge in [0.05, 0.1) is 11.5 Å². The van der Waals surface area contributed by atoms with Gasteiger partial charge in [0.1, 0.15) is 22.6 Å². The Kier molecular flexibility index (Phi) is 13.5. The first kappa shape index (κ1) is 29.9. The minimum Gasteiger partial charge on any atom is -0.506 e. The van der Waals surface area contributed by atoms with Crippen LogP contribution in [0.25, 0.3) is 11.0 Å². The van der Waals surface area contributed by atoms with E-state index in [0.29, 0.717) is 16.7 Å². The number of aromatic hydroxyl groups is 1. The first-order valence-electron chi connectivity index (χ1n) is 11.2. The summed E-state index contributed by atoms with van der Waals surface area (Å²) in [6.07, 6.45) is 0.900. The van der Waals surface area contributed by atoms with Crippen LogP contribution >= 0.6 is 0 Å². The number of carboxylic acid groups (broad SMARTS) is 2. The second-order valence-electron chi connectivity index (χ2n) is 6.66. The summed E-state index contributed by atoms with van der Waals surface area (Å²) >= 11 is 0. The van der Waals surface area contributed by atoms with Crippen molar-refractivity contribution in [3.05, 3.63) is 33.7 Å². The monoisotopic (exact) mass is 468 g/mol. The lowest BCUT2D eigenvalue weighted by Crippen LogP contribution is -2.30. The molecule has 1 fully saturated rings. The van der Waals surface area contributed by atoms with E-state index in [0.717, 1.165) is 19.3 Å². The zero-order chi connectivity index (χ0) is 25.7. The van der Waals surface area contributed by atoms with Gasteiger partial charge in [-0.25, -0.2) is 9.59 Å². The van der Waals surface area contributed by atoms with E-state index >= 15 is 0 Å². The summed E-state index contributed by atoms with van der Waals surface area (Å²) in [5.41, 5.74) is -0.328. The van der Waals surface area contributed by atoms with Crippen LogP contribution in [0.5, 0.6) is 11.5 Å². The highest BCUT2D eigenvalue weighted by molar-refractivity contribution is 6.03. The maximum atomic E-state index is 12.1. The minimum absolute atomic E-state index is 0.112. The molecule has 3 N–H and O–H groups in total. The summed E-state index contributed by atoms with van der Waals surface area (Å²) in [5, 5.41) is 24.6. The number of carbonyl (C=O) groups excluding carboxylic acids is 1. The molecule has 0 bridgehead atoms. The molecule has 1 aromatic heterocycles. The van der Waals surface area contributed by atoms with Crippen LogP contribution in [-0.4, -0.2) is 39.7 Å². The predicted octanol–water partition coefficient (Wildman–Crippen LogP) is 5.97. The van der Waals surface area contributed by atoms with Crippen molar-refractivity contribution in [2.45, 2.75) is 86.5 Å². The normalized spacial score (nSPS) is 16.7. The number of ether oxygens (including phenoxy) is 2. The smallest absolute Gasteiger partial charge is 0.503 e. The molecule has 9 heteroatoms. The van der Waals surface area contributed by atoms with E-state index in [-0.39, 0.29) is 35.7 Å². The maximum Gasteiger partial charge on any atom is 0.503 e. The van der Waals surface area contributed by atoms with Gasteiger partial charge in [-0.05, 0) is 38.8 Å². The van der Waals surface area contributed by atoms with Crippen molar-refractivity contribution >= 4 is 22.9 Å². The van der Waals surface area contributed by atoms with Crippen molar-refractivity contribution in [1.82, 2.24) is 0 Å². The Hall–Kier alpha value is -3.07. The fourth-order valence-corrected chi connectivity index (χ4v) is 3.11. The number of rotatable bonds is 4. The van der Waals surface area contributed by atoms with Crippen LogP contribution in [0.3, 0.4) is 0 Å². The Balaban J connectivity index is 0.00000113. The van der Waals surface area contributed by atoms with Crippen molar-refractivity contribution in [3.8, 4) is 11.5 Å². The third kappa shape index (κ3) is 8.42. The van der Waals surface area contributed by atoms with Crippen molar-refractivity contribution < 1.29 is 38.8 Å². The molecular formula is C24H36O9. The number of fused-ring (bicyclic) bond motifs is 1. The number of carbonyl (C=O) groups is 2. The van der Waals surface area contributed by atoms with E-state index in [4.69, 9.17) is 28.9 Å². The number of hydrogen-bond acceptors (Lipinski definition) is 7. The minimum atomic E-state index is -1.83. The molecule has 33 heavy (non-hydrogen) atoms. The third-order valence-electron chi connectivity index (χ3n) is 4.54. The Morgan fingerprint density at radius 2 is 1.70 bits per heavy atom. The molecule has 1 aliphatic rings. The average molecular weight is 469 g/mol. The first-order valence-corrected chi connectivity index (χ1v) is 11.2. The van der Waals surface area contributed by atoms with Gasteiger partial charge in [0.2, 0.25) is 0 Å². The molecule has 0 aliphatic carbocycles. The van der Waals surface area contributed by atoms with E-state index in [9.17, 15) is 14.7 Å². The highest BCUT2D eigenvalue weighted by Gasteiger charge is 2.24. The van der Waals surface area contributed by atoms with E-state index in [1.54, 1.807) is 26.0 Å². The molecule has 1 aromatic carbocycles. The van der Waals surface area contributed by atoms with E-state index in [1.165, 1.54) is 0 Å². The molecule has 1 aliphatic heterocycles. The quantitative estimate of drug-likeness (QED) is 0.365. The Bertz CT molecular complexity index is 959. The molecule has 2 atom stereocenters. The number of hydrogen-bond donors (Lipinski definition) is 3. The molecule has 0 saturated carbocycles. The highest BCUT2D eigenvalue weighted by atomic mass is 16.7. The predicted molar refractivity (Wildman–Crippen MR) is 126 cm³/mol. The van der Waals surface area contributed by atoms with Crippen LogP contribution in [0.4, 0.5) is 4.79 Å². The van der Waals surface area contributed by atoms with Gasteiger partial charge in [0, 0.05) is 18.4 Å². The van der Waals surface area contributed by atoms with Crippen LogP contribution in [0.1, 0.15) is 83.1 Å². The molecule has 2 aromatic rings. The summed E-state index contributed by atoms with van der Waals surface area (Å²) in [4.78, 5) is 32.6. The summed E-state index contributed by atoms with van der Waals surface area (Å²) in [6, 6.07) is 3.29. The average Bonchev–Trinajstić information content (AvgIpc) is 2.78. The fraction of sp³-hybridized carbons (Fsp3) is 0.542. The zero-order valence-corrected chi connectivity index (χ0v) is 20.4. The molecule has 0 spiro atoms. The molecular weight excluding hydrogens is 432 g/mol. The largest absolute Gasteiger partial charge is 0.506 e. The molecule has 1 unspecified atom stereocenters. The Labute approximate surface area is 193 Å². The lowest BCUT2D eigenvalue weighted by Gasteiger charge is -2.28. The van der Waals surface area contributed by atoms with Gasteiger partial charge in [-0.15, -0.1) is 0 Å². The molecule has 186 valence electrons. The lowest BCUT2D eigenvalue weighted by atomic mass is 10.0. The van der Waals surface area contributed by atoms with Crippen LogP contribution in [0.2, 0.25) is 0 Å². The van der Waals surface area contributed by atoms with Crippen LogP contribution in [0, 0.1) is 6.92 Å². The standard InChI is InChI=1S/C19H22O6.2C2H6.CH2O3/c1-4-13(20)16-17(21)12-8-9-14(11(3)18(12)25-19(16)22)24-15-7-5-6-10(2)23-15;2*1-2;2-1(3)4/h8-10,15,21H,4-7H2,1-3H3;2*1-2H3;(H2,2,3,4)/t10-,15?;;;/m1.../s1. The Morgan fingerprint density at radius 1 is 1.12 bits per heavy atom. The molecule has 2 heterocycles. The number of ketones is 1. The van der Waals surface area contributed by atoms with Gasteiger partial charge >= 0.3 is 11.8 Å². The summed E-state index contributed by atoms with van der Waals surface area (Å²) < 4.78 is 17.0. The summed E-state index contributed by atoms with van der Waals surface area (Å²) in [7, 11) is 0. The van der Waals surface area contributed by atoms with Gasteiger partial charge < -0.3 is 29.2 Å².